The minimum atomic E-state index is -0.226. The summed E-state index contributed by atoms with van der Waals surface area (Å²) in [5.74, 6) is 0.675. The van der Waals surface area contributed by atoms with Crippen LogP contribution in [-0.4, -0.2) is 27.2 Å². The lowest BCUT2D eigenvalue weighted by Crippen LogP contribution is -2.17. The predicted molar refractivity (Wildman–Crippen MR) is 132 cm³/mol. The van der Waals surface area contributed by atoms with Gasteiger partial charge in [-0.25, -0.2) is 0 Å². The molecule has 31 heavy (non-hydrogen) atoms. The largest absolute Gasteiger partial charge is 0.457 e. The summed E-state index contributed by atoms with van der Waals surface area (Å²) >= 11 is 12.5. The molecule has 0 radical (unpaired) electrons. The van der Waals surface area contributed by atoms with Crippen LogP contribution >= 0.6 is 48.0 Å². The van der Waals surface area contributed by atoms with Gasteiger partial charge in [-0.2, -0.15) is 0 Å². The Morgan fingerprint density at radius 1 is 0.742 bits per heavy atom. The standard InChI is InChI=1S/C21H14N2O4S4/c24-18-16(30-20(28)22-18)9-12-5-1-3-7-14(12)26-11-27-15-8-4-2-6-13(15)10-17-19(25)23-21(29)31-17/h1-10H,11H2,(H,22,24,28)(H,23,25,29). The molecule has 2 aliphatic heterocycles. The Morgan fingerprint density at radius 2 is 1.16 bits per heavy atom. The SMILES string of the molecule is O=C1NC(=S)SC1=Cc1ccccc1OCOc1ccccc1C=C1SC(=S)NC1=O. The van der Waals surface area contributed by atoms with E-state index in [2.05, 4.69) is 10.6 Å². The second-order valence-electron chi connectivity index (χ2n) is 6.19. The Kier molecular flexibility index (Phi) is 6.71. The lowest BCUT2D eigenvalue weighted by Gasteiger charge is -2.12. The monoisotopic (exact) mass is 486 g/mol. The normalized spacial score (nSPS) is 18.5. The number of hydrogen-bond acceptors (Lipinski definition) is 8. The molecule has 2 saturated heterocycles. The molecule has 0 aromatic heterocycles. The molecule has 0 atom stereocenters. The van der Waals surface area contributed by atoms with Crippen molar-refractivity contribution in [2.75, 3.05) is 6.79 Å². The summed E-state index contributed by atoms with van der Waals surface area (Å²) < 4.78 is 12.5. The number of rotatable bonds is 6. The van der Waals surface area contributed by atoms with Gasteiger partial charge < -0.3 is 20.1 Å². The summed E-state index contributed by atoms with van der Waals surface area (Å²) in [6.07, 6.45) is 3.46. The molecule has 0 saturated carbocycles. The molecule has 2 amide bonds. The molecular weight excluding hydrogens is 473 g/mol. The number of carbonyl (C=O) groups excluding carboxylic acids is 2. The molecule has 2 fully saturated rings. The Labute approximate surface area is 197 Å². The first-order valence-corrected chi connectivity index (χ1v) is 11.4. The molecule has 2 heterocycles. The number of thioether (sulfide) groups is 2. The van der Waals surface area contributed by atoms with E-state index in [1.807, 2.05) is 36.4 Å². The topological polar surface area (TPSA) is 76.7 Å². The maximum absolute atomic E-state index is 11.9. The highest BCUT2D eigenvalue weighted by Gasteiger charge is 2.23. The molecule has 2 aromatic rings. The summed E-state index contributed by atoms with van der Waals surface area (Å²) in [5.41, 5.74) is 1.47. The number of para-hydroxylation sites is 2. The molecular formula is C21H14N2O4S4. The Balaban J connectivity index is 1.47. The zero-order valence-corrected chi connectivity index (χ0v) is 19.0. The second-order valence-corrected chi connectivity index (χ2v) is 9.62. The smallest absolute Gasteiger partial charge is 0.263 e. The van der Waals surface area contributed by atoms with E-state index in [-0.39, 0.29) is 18.6 Å². The number of amides is 2. The van der Waals surface area contributed by atoms with Crippen LogP contribution in [0.3, 0.4) is 0 Å². The van der Waals surface area contributed by atoms with E-state index in [0.717, 1.165) is 11.1 Å². The minimum absolute atomic E-state index is 0.0596. The molecule has 6 nitrogen and oxygen atoms in total. The molecule has 156 valence electrons. The van der Waals surface area contributed by atoms with Crippen LogP contribution in [0.1, 0.15) is 11.1 Å². The average molecular weight is 487 g/mol. The van der Waals surface area contributed by atoms with Gasteiger partial charge in [0.1, 0.15) is 20.1 Å². The van der Waals surface area contributed by atoms with Crippen molar-refractivity contribution in [3.8, 4) is 11.5 Å². The summed E-state index contributed by atoms with van der Waals surface area (Å²) in [7, 11) is 0. The van der Waals surface area contributed by atoms with Crippen molar-refractivity contribution in [1.82, 2.24) is 10.6 Å². The van der Waals surface area contributed by atoms with Crippen LogP contribution in [0.15, 0.2) is 58.3 Å². The van der Waals surface area contributed by atoms with Gasteiger partial charge in [0.2, 0.25) is 6.79 Å². The van der Waals surface area contributed by atoms with Gasteiger partial charge in [0.15, 0.2) is 0 Å². The highest BCUT2D eigenvalue weighted by molar-refractivity contribution is 8.27. The van der Waals surface area contributed by atoms with Crippen LogP contribution in [0, 0.1) is 0 Å². The highest BCUT2D eigenvalue weighted by Crippen LogP contribution is 2.31. The first kappa shape index (κ1) is 21.6. The fourth-order valence-electron chi connectivity index (χ4n) is 2.74. The van der Waals surface area contributed by atoms with E-state index in [1.54, 1.807) is 24.3 Å². The average Bonchev–Trinajstić information content (AvgIpc) is 3.23. The fraction of sp³-hybridized carbons (Fsp3) is 0.0476. The van der Waals surface area contributed by atoms with Gasteiger partial charge in [-0.05, 0) is 24.3 Å². The first-order valence-electron chi connectivity index (χ1n) is 8.93. The third kappa shape index (κ3) is 5.34. The van der Waals surface area contributed by atoms with Crippen LogP contribution in [0.4, 0.5) is 0 Å². The van der Waals surface area contributed by atoms with E-state index in [4.69, 9.17) is 33.9 Å². The third-order valence-corrected chi connectivity index (χ3v) is 6.45. The third-order valence-electron chi connectivity index (χ3n) is 4.12. The summed E-state index contributed by atoms with van der Waals surface area (Å²) in [5, 5.41) is 5.18. The van der Waals surface area contributed by atoms with Crippen LogP contribution in [0.25, 0.3) is 12.2 Å². The molecule has 0 unspecified atom stereocenters. The van der Waals surface area contributed by atoms with E-state index in [0.29, 0.717) is 30.0 Å². The maximum Gasteiger partial charge on any atom is 0.263 e. The van der Waals surface area contributed by atoms with Crippen LogP contribution in [0.5, 0.6) is 11.5 Å². The first-order chi connectivity index (χ1) is 15.0. The molecule has 0 aliphatic carbocycles. The minimum Gasteiger partial charge on any atom is -0.457 e. The van der Waals surface area contributed by atoms with Crippen molar-refractivity contribution >= 4 is 80.6 Å². The van der Waals surface area contributed by atoms with Gasteiger partial charge in [0, 0.05) is 11.1 Å². The van der Waals surface area contributed by atoms with E-state index >= 15 is 0 Å². The summed E-state index contributed by atoms with van der Waals surface area (Å²) in [4.78, 5) is 24.9. The van der Waals surface area contributed by atoms with Crippen molar-refractivity contribution in [2.24, 2.45) is 0 Å². The molecule has 10 heteroatoms. The van der Waals surface area contributed by atoms with Crippen molar-refractivity contribution in [3.63, 3.8) is 0 Å². The van der Waals surface area contributed by atoms with Gasteiger partial charge in [-0.1, -0.05) is 84.4 Å². The molecule has 0 spiro atoms. The molecule has 2 N–H and O–H groups in total. The van der Waals surface area contributed by atoms with E-state index < -0.39 is 0 Å². The van der Waals surface area contributed by atoms with E-state index in [1.165, 1.54) is 23.5 Å². The summed E-state index contributed by atoms with van der Waals surface area (Å²) in [6, 6.07) is 14.6. The van der Waals surface area contributed by atoms with Gasteiger partial charge in [0.25, 0.3) is 11.8 Å². The molecule has 2 aromatic carbocycles. The fourth-order valence-corrected chi connectivity index (χ4v) is 4.81. The van der Waals surface area contributed by atoms with Gasteiger partial charge in [-0.3, -0.25) is 9.59 Å². The van der Waals surface area contributed by atoms with Gasteiger partial charge in [0.05, 0.1) is 9.81 Å². The Morgan fingerprint density at radius 3 is 1.55 bits per heavy atom. The zero-order chi connectivity index (χ0) is 21.8. The highest BCUT2D eigenvalue weighted by atomic mass is 32.2. The van der Waals surface area contributed by atoms with Gasteiger partial charge >= 0.3 is 0 Å². The van der Waals surface area contributed by atoms with Crippen molar-refractivity contribution in [2.45, 2.75) is 0 Å². The lowest BCUT2D eigenvalue weighted by molar-refractivity contribution is -0.116. The van der Waals surface area contributed by atoms with Gasteiger partial charge in [-0.15, -0.1) is 0 Å². The maximum atomic E-state index is 11.9. The Bertz CT molecular complexity index is 1070. The number of ether oxygens (including phenoxy) is 2. The second kappa shape index (κ2) is 9.65. The number of benzene rings is 2. The Hall–Kier alpha value is -2.66. The van der Waals surface area contributed by atoms with Crippen molar-refractivity contribution in [1.29, 1.82) is 0 Å². The van der Waals surface area contributed by atoms with Crippen molar-refractivity contribution in [3.05, 3.63) is 69.5 Å². The number of carbonyl (C=O) groups is 2. The number of thiocarbonyl (C=S) groups is 2. The van der Waals surface area contributed by atoms with Crippen LogP contribution in [0.2, 0.25) is 0 Å². The quantitative estimate of drug-likeness (QED) is 0.359. The predicted octanol–water partition coefficient (Wildman–Crippen LogP) is 4.08. The summed E-state index contributed by atoms with van der Waals surface area (Å²) in [6.45, 7) is -0.0596. The molecule has 2 aliphatic rings. The van der Waals surface area contributed by atoms with Crippen LogP contribution in [-0.2, 0) is 9.59 Å². The van der Waals surface area contributed by atoms with Crippen molar-refractivity contribution < 1.29 is 19.1 Å². The number of nitrogens with one attached hydrogen (secondary N) is 2. The zero-order valence-electron chi connectivity index (χ0n) is 15.7. The lowest BCUT2D eigenvalue weighted by atomic mass is 10.2. The van der Waals surface area contributed by atoms with E-state index in [9.17, 15) is 9.59 Å². The molecule has 4 rings (SSSR count). The van der Waals surface area contributed by atoms with Crippen LogP contribution < -0.4 is 20.1 Å². The molecule has 0 bridgehead atoms. The number of hydrogen-bond donors (Lipinski definition) is 2.